The molecular formula is C11H13N3O5S. The number of aryl methyl sites for hydroxylation is 1. The smallest absolute Gasteiger partial charge is 0.337 e. The molecule has 3 N–H and O–H groups in total. The first-order valence-electron chi connectivity index (χ1n) is 5.72. The first-order chi connectivity index (χ1) is 9.35. The minimum Gasteiger partial charge on any atom is -0.478 e. The van der Waals surface area contributed by atoms with Gasteiger partial charge in [0.2, 0.25) is 10.0 Å². The first kappa shape index (κ1) is 14.3. The van der Waals surface area contributed by atoms with Crippen molar-refractivity contribution in [1.29, 1.82) is 0 Å². The van der Waals surface area contributed by atoms with Crippen LogP contribution in [0.3, 0.4) is 0 Å². The lowest BCUT2D eigenvalue weighted by Gasteiger charge is -2.04. The molecule has 1 aromatic carbocycles. The Balaban J connectivity index is 2.50. The minimum atomic E-state index is -3.45. The zero-order chi connectivity index (χ0) is 14.9. The van der Waals surface area contributed by atoms with Crippen molar-refractivity contribution in [2.24, 2.45) is 0 Å². The van der Waals surface area contributed by atoms with Gasteiger partial charge in [0.15, 0.2) is 0 Å². The van der Waals surface area contributed by atoms with Gasteiger partial charge in [-0.05, 0) is 19.2 Å². The predicted octanol–water partition coefficient (Wildman–Crippen LogP) is -0.423. The van der Waals surface area contributed by atoms with Gasteiger partial charge >= 0.3 is 11.7 Å². The molecule has 0 aliphatic rings. The lowest BCUT2D eigenvalue weighted by Crippen LogP contribution is -2.27. The lowest BCUT2D eigenvalue weighted by atomic mass is 10.2. The molecule has 0 amide bonds. The summed E-state index contributed by atoms with van der Waals surface area (Å²) < 4.78 is 26.1. The van der Waals surface area contributed by atoms with Crippen molar-refractivity contribution in [3.8, 4) is 0 Å². The van der Waals surface area contributed by atoms with Crippen LogP contribution >= 0.6 is 0 Å². The van der Waals surface area contributed by atoms with E-state index in [1.807, 2.05) is 0 Å². The van der Waals surface area contributed by atoms with E-state index < -0.39 is 21.7 Å². The molecule has 0 fully saturated rings. The van der Waals surface area contributed by atoms with Gasteiger partial charge in [0.25, 0.3) is 0 Å². The number of carboxylic acids is 1. The number of carbonyl (C=O) groups is 1. The Kier molecular flexibility index (Phi) is 3.64. The summed E-state index contributed by atoms with van der Waals surface area (Å²) in [6, 6.07) is 4.43. The maximum atomic E-state index is 11.8. The number of hydrogen-bond acceptors (Lipinski definition) is 4. The average Bonchev–Trinajstić information content (AvgIpc) is 2.71. The van der Waals surface area contributed by atoms with Gasteiger partial charge in [0, 0.05) is 6.54 Å². The van der Waals surface area contributed by atoms with Crippen LogP contribution in [0, 0.1) is 0 Å². The molecule has 0 unspecified atom stereocenters. The van der Waals surface area contributed by atoms with E-state index in [1.54, 1.807) is 6.07 Å². The molecule has 0 bridgehead atoms. The number of rotatable bonds is 5. The molecule has 0 spiro atoms. The van der Waals surface area contributed by atoms with Crippen LogP contribution in [0.2, 0.25) is 0 Å². The fourth-order valence-corrected chi connectivity index (χ4v) is 2.52. The highest BCUT2D eigenvalue weighted by Crippen LogP contribution is 2.15. The second-order valence-corrected chi connectivity index (χ2v) is 6.16. The number of aromatic carboxylic acids is 1. The van der Waals surface area contributed by atoms with Gasteiger partial charge in [-0.25, -0.2) is 22.7 Å². The van der Waals surface area contributed by atoms with Crippen LogP contribution in [-0.4, -0.2) is 41.8 Å². The summed E-state index contributed by atoms with van der Waals surface area (Å²) in [5.74, 6) is -1.43. The highest BCUT2D eigenvalue weighted by Gasteiger charge is 2.15. The number of aromatic nitrogens is 2. The molecule has 9 heteroatoms. The molecule has 0 saturated carbocycles. The lowest BCUT2D eigenvalue weighted by molar-refractivity contribution is 0.0699. The number of fused-ring (bicyclic) bond motifs is 1. The third-order valence-electron chi connectivity index (χ3n) is 2.94. The van der Waals surface area contributed by atoms with E-state index in [2.05, 4.69) is 9.71 Å². The zero-order valence-corrected chi connectivity index (χ0v) is 11.4. The first-order valence-corrected chi connectivity index (χ1v) is 7.37. The van der Waals surface area contributed by atoms with Crippen molar-refractivity contribution in [1.82, 2.24) is 14.3 Å². The Morgan fingerprint density at radius 1 is 1.45 bits per heavy atom. The van der Waals surface area contributed by atoms with E-state index in [9.17, 15) is 18.0 Å². The summed E-state index contributed by atoms with van der Waals surface area (Å²) in [5, 5.41) is 9.04. The minimum absolute atomic E-state index is 0.0326. The van der Waals surface area contributed by atoms with Crippen LogP contribution in [0.5, 0.6) is 0 Å². The van der Waals surface area contributed by atoms with Crippen LogP contribution in [0.1, 0.15) is 10.4 Å². The second-order valence-electron chi connectivity index (χ2n) is 4.11. The van der Waals surface area contributed by atoms with Crippen molar-refractivity contribution in [2.45, 2.75) is 6.54 Å². The highest BCUT2D eigenvalue weighted by molar-refractivity contribution is 7.89. The largest absolute Gasteiger partial charge is 0.478 e. The van der Waals surface area contributed by atoms with Gasteiger partial charge in [-0.1, -0.05) is 6.07 Å². The van der Waals surface area contributed by atoms with Gasteiger partial charge in [-0.3, -0.25) is 4.57 Å². The van der Waals surface area contributed by atoms with Crippen molar-refractivity contribution < 1.29 is 18.3 Å². The standard InChI is InChI=1S/C11H13N3O5S/c1-12-20(18,19)6-5-14-8-4-2-3-7(10(15)16)9(8)13-11(14)17/h2-4,12H,5-6H2,1H3,(H,13,17)(H,15,16). The summed E-state index contributed by atoms with van der Waals surface area (Å²) in [6.07, 6.45) is 0. The van der Waals surface area contributed by atoms with E-state index in [0.29, 0.717) is 5.52 Å². The van der Waals surface area contributed by atoms with E-state index in [1.165, 1.54) is 23.7 Å². The molecule has 1 heterocycles. The third kappa shape index (κ3) is 2.58. The number of nitrogens with zero attached hydrogens (tertiary/aromatic N) is 1. The van der Waals surface area contributed by atoms with Crippen molar-refractivity contribution >= 4 is 27.0 Å². The van der Waals surface area contributed by atoms with E-state index in [-0.39, 0.29) is 23.4 Å². The molecule has 0 saturated heterocycles. The zero-order valence-electron chi connectivity index (χ0n) is 10.6. The molecule has 1 aromatic heterocycles. The molecule has 0 radical (unpaired) electrons. The van der Waals surface area contributed by atoms with E-state index in [0.717, 1.165) is 0 Å². The summed E-state index contributed by atoms with van der Waals surface area (Å²) in [7, 11) is -2.16. The molecule has 0 aliphatic carbocycles. The normalized spacial score (nSPS) is 11.8. The molecule has 20 heavy (non-hydrogen) atoms. The van der Waals surface area contributed by atoms with Crippen LogP contribution < -0.4 is 10.4 Å². The van der Waals surface area contributed by atoms with Gasteiger partial charge < -0.3 is 10.1 Å². The van der Waals surface area contributed by atoms with Gasteiger partial charge in [0.1, 0.15) is 0 Å². The number of sulfonamides is 1. The average molecular weight is 299 g/mol. The number of hydrogen-bond donors (Lipinski definition) is 3. The number of benzene rings is 1. The van der Waals surface area contributed by atoms with E-state index >= 15 is 0 Å². The second kappa shape index (κ2) is 5.10. The fourth-order valence-electron chi connectivity index (χ4n) is 1.89. The number of carboxylic acid groups (broad SMARTS) is 1. The maximum absolute atomic E-state index is 11.8. The predicted molar refractivity (Wildman–Crippen MR) is 72.4 cm³/mol. The summed E-state index contributed by atoms with van der Waals surface area (Å²) in [4.78, 5) is 25.3. The Morgan fingerprint density at radius 3 is 2.75 bits per heavy atom. The topological polar surface area (TPSA) is 121 Å². The summed E-state index contributed by atoms with van der Waals surface area (Å²) >= 11 is 0. The van der Waals surface area contributed by atoms with Gasteiger partial charge in [-0.2, -0.15) is 0 Å². The van der Waals surface area contributed by atoms with Gasteiger partial charge in [-0.15, -0.1) is 0 Å². The Morgan fingerprint density at radius 2 is 2.15 bits per heavy atom. The maximum Gasteiger partial charge on any atom is 0.337 e. The summed E-state index contributed by atoms with van der Waals surface area (Å²) in [6.45, 7) is -0.0644. The van der Waals surface area contributed by atoms with Crippen LogP contribution in [0.4, 0.5) is 0 Å². The van der Waals surface area contributed by atoms with Gasteiger partial charge in [0.05, 0.1) is 22.3 Å². The number of aromatic amines is 1. The molecule has 2 rings (SSSR count). The fraction of sp³-hybridized carbons (Fsp3) is 0.273. The quantitative estimate of drug-likeness (QED) is 0.692. The highest BCUT2D eigenvalue weighted by atomic mass is 32.2. The van der Waals surface area contributed by atoms with Crippen molar-refractivity contribution in [3.63, 3.8) is 0 Å². The Bertz CT molecular complexity index is 818. The Hall–Kier alpha value is -2.13. The third-order valence-corrected chi connectivity index (χ3v) is 4.28. The molecular weight excluding hydrogens is 286 g/mol. The number of nitrogens with one attached hydrogen (secondary N) is 2. The van der Waals surface area contributed by atoms with Crippen LogP contribution in [0.15, 0.2) is 23.0 Å². The molecule has 0 atom stereocenters. The molecule has 0 aliphatic heterocycles. The molecule has 108 valence electrons. The van der Waals surface area contributed by atoms with Crippen LogP contribution in [0.25, 0.3) is 11.0 Å². The monoisotopic (exact) mass is 299 g/mol. The molecule has 8 nitrogen and oxygen atoms in total. The Labute approximate surface area is 114 Å². The number of H-pyrrole nitrogens is 1. The molecule has 2 aromatic rings. The number of imidazole rings is 1. The van der Waals surface area contributed by atoms with Crippen LogP contribution in [-0.2, 0) is 16.6 Å². The van der Waals surface area contributed by atoms with E-state index in [4.69, 9.17) is 5.11 Å². The van der Waals surface area contributed by atoms with Crippen molar-refractivity contribution in [3.05, 3.63) is 34.2 Å². The SMILES string of the molecule is CNS(=O)(=O)CCn1c(=O)[nH]c2c(C(=O)O)cccc21. The van der Waals surface area contributed by atoms with Crippen molar-refractivity contribution in [2.75, 3.05) is 12.8 Å². The number of para-hydroxylation sites is 1. The summed E-state index contributed by atoms with van der Waals surface area (Å²) in [5.41, 5.74) is -0.0251.